The van der Waals surface area contributed by atoms with Crippen molar-refractivity contribution in [2.24, 2.45) is 0 Å². The van der Waals surface area contributed by atoms with Gasteiger partial charge in [-0.3, -0.25) is 5.32 Å². The van der Waals surface area contributed by atoms with E-state index in [9.17, 15) is 5.26 Å². The van der Waals surface area contributed by atoms with Crippen LogP contribution in [0.25, 0.3) is 0 Å². The van der Waals surface area contributed by atoms with Crippen LogP contribution in [-0.4, -0.2) is 17.3 Å². The van der Waals surface area contributed by atoms with Crippen molar-refractivity contribution < 1.29 is 0 Å². The molecule has 2 nitrogen and oxygen atoms in total. The van der Waals surface area contributed by atoms with Gasteiger partial charge in [-0.05, 0) is 38.5 Å². The lowest BCUT2D eigenvalue weighted by atomic mass is 10.0. The molecule has 1 atom stereocenters. The molecule has 1 N–H and O–H groups in total. The van der Waals surface area contributed by atoms with Gasteiger partial charge in [0.2, 0.25) is 0 Å². The fourth-order valence-electron chi connectivity index (χ4n) is 1.84. The number of hydrogen-bond donors (Lipinski definition) is 1. The lowest BCUT2D eigenvalue weighted by molar-refractivity contribution is 0.397. The van der Waals surface area contributed by atoms with Gasteiger partial charge in [0.1, 0.15) is 5.54 Å². The van der Waals surface area contributed by atoms with Crippen LogP contribution < -0.4 is 5.32 Å². The Bertz CT molecular complexity index is 383. The average molecular weight is 262 g/mol. The average Bonchev–Trinajstić information content (AvgIpc) is 2.35. The molecule has 1 aromatic rings. The summed E-state index contributed by atoms with van der Waals surface area (Å²) in [5.74, 6) is 2.02. The van der Waals surface area contributed by atoms with Crippen LogP contribution >= 0.6 is 11.8 Å². The molecule has 0 radical (unpaired) electrons. The summed E-state index contributed by atoms with van der Waals surface area (Å²) in [6.07, 6.45) is 0.874. The Balaban J connectivity index is 2.30. The van der Waals surface area contributed by atoms with Gasteiger partial charge in [0.15, 0.2) is 0 Å². The third-order valence-corrected chi connectivity index (χ3v) is 3.74. The predicted molar refractivity (Wildman–Crippen MR) is 79.5 cm³/mol. The van der Waals surface area contributed by atoms with E-state index in [2.05, 4.69) is 49.5 Å². The highest BCUT2D eigenvalue weighted by atomic mass is 32.2. The summed E-state index contributed by atoms with van der Waals surface area (Å²) in [4.78, 5) is 0. The third kappa shape index (κ3) is 5.57. The van der Waals surface area contributed by atoms with Crippen molar-refractivity contribution in [2.75, 3.05) is 5.75 Å². The van der Waals surface area contributed by atoms with E-state index in [1.165, 1.54) is 5.56 Å². The molecule has 1 rings (SSSR count). The molecule has 0 spiro atoms. The van der Waals surface area contributed by atoms with Crippen LogP contribution in [0.15, 0.2) is 30.3 Å². The second-order valence-electron chi connectivity index (χ2n) is 5.03. The molecule has 0 amide bonds. The summed E-state index contributed by atoms with van der Waals surface area (Å²) in [5.41, 5.74) is 0.940. The molecule has 0 aliphatic heterocycles. The van der Waals surface area contributed by atoms with Gasteiger partial charge in [0, 0.05) is 11.8 Å². The normalized spacial score (nSPS) is 14.2. The van der Waals surface area contributed by atoms with Crippen LogP contribution in [0.5, 0.6) is 0 Å². The Morgan fingerprint density at radius 1 is 1.33 bits per heavy atom. The Morgan fingerprint density at radius 3 is 2.56 bits per heavy atom. The summed E-state index contributed by atoms with van der Waals surface area (Å²) in [5, 5.41) is 12.6. The number of nitrogens with one attached hydrogen (secondary N) is 1. The minimum atomic E-state index is -0.405. The van der Waals surface area contributed by atoms with Gasteiger partial charge in [-0.2, -0.15) is 17.0 Å². The van der Waals surface area contributed by atoms with Gasteiger partial charge >= 0.3 is 0 Å². The summed E-state index contributed by atoms with van der Waals surface area (Å²) in [6.45, 7) is 6.13. The number of nitrogens with zero attached hydrogens (tertiary/aromatic N) is 1. The fourth-order valence-corrected chi connectivity index (χ4v) is 2.96. The van der Waals surface area contributed by atoms with Gasteiger partial charge in [-0.1, -0.05) is 30.3 Å². The van der Waals surface area contributed by atoms with Crippen LogP contribution in [0.3, 0.4) is 0 Å². The highest BCUT2D eigenvalue weighted by molar-refractivity contribution is 7.98. The third-order valence-electron chi connectivity index (χ3n) is 2.71. The van der Waals surface area contributed by atoms with E-state index in [1.54, 1.807) is 0 Å². The minimum Gasteiger partial charge on any atom is -0.297 e. The van der Waals surface area contributed by atoms with Crippen LogP contribution in [0, 0.1) is 11.3 Å². The Kier molecular flexibility index (Phi) is 6.24. The fraction of sp³-hybridized carbons (Fsp3) is 0.533. The van der Waals surface area contributed by atoms with Crippen LogP contribution in [-0.2, 0) is 5.75 Å². The van der Waals surface area contributed by atoms with Crippen LogP contribution in [0.1, 0.15) is 32.8 Å². The first-order valence-electron chi connectivity index (χ1n) is 6.36. The Morgan fingerprint density at radius 2 is 2.00 bits per heavy atom. The first-order valence-corrected chi connectivity index (χ1v) is 7.52. The molecule has 1 aromatic carbocycles. The maximum absolute atomic E-state index is 9.23. The molecule has 98 valence electrons. The van der Waals surface area contributed by atoms with Crippen molar-refractivity contribution >= 4 is 11.8 Å². The van der Waals surface area contributed by atoms with E-state index in [0.29, 0.717) is 6.04 Å². The van der Waals surface area contributed by atoms with E-state index in [0.717, 1.165) is 17.9 Å². The molecule has 0 heterocycles. The Labute approximate surface area is 115 Å². The van der Waals surface area contributed by atoms with Crippen LogP contribution in [0.4, 0.5) is 0 Å². The summed E-state index contributed by atoms with van der Waals surface area (Å²) in [7, 11) is 0. The molecule has 0 aromatic heterocycles. The molecule has 0 aliphatic rings. The Hall–Kier alpha value is -0.980. The topological polar surface area (TPSA) is 35.8 Å². The highest BCUT2D eigenvalue weighted by Gasteiger charge is 2.23. The zero-order chi connectivity index (χ0) is 13.4. The number of benzene rings is 1. The molecule has 0 bridgehead atoms. The summed E-state index contributed by atoms with van der Waals surface area (Å²) in [6, 6.07) is 13.2. The van der Waals surface area contributed by atoms with E-state index < -0.39 is 5.54 Å². The molecule has 3 heteroatoms. The molecule has 0 fully saturated rings. The summed E-state index contributed by atoms with van der Waals surface area (Å²) >= 11 is 1.88. The largest absolute Gasteiger partial charge is 0.297 e. The molecule has 0 saturated carbocycles. The number of rotatable bonds is 7. The maximum Gasteiger partial charge on any atom is 0.104 e. The molecular formula is C15H22N2S. The van der Waals surface area contributed by atoms with Gasteiger partial charge in [0.05, 0.1) is 6.07 Å². The van der Waals surface area contributed by atoms with Gasteiger partial charge < -0.3 is 0 Å². The smallest absolute Gasteiger partial charge is 0.104 e. The molecule has 1 unspecified atom stereocenters. The molecule has 0 aliphatic carbocycles. The first kappa shape index (κ1) is 15.1. The van der Waals surface area contributed by atoms with E-state index in [-0.39, 0.29) is 0 Å². The standard InChI is InChI=1S/C15H22N2S/c1-13(2)17-15(3,12-16)9-10-18-11-14-7-5-4-6-8-14/h4-8,13,17H,9-11H2,1-3H3. The summed E-state index contributed by atoms with van der Waals surface area (Å²) < 4.78 is 0. The minimum absolute atomic E-state index is 0.341. The molecule has 18 heavy (non-hydrogen) atoms. The van der Waals surface area contributed by atoms with E-state index in [4.69, 9.17) is 0 Å². The van der Waals surface area contributed by atoms with Gasteiger partial charge in [-0.25, -0.2) is 0 Å². The molecular weight excluding hydrogens is 240 g/mol. The number of thioether (sulfide) groups is 1. The van der Waals surface area contributed by atoms with Crippen molar-refractivity contribution in [1.29, 1.82) is 5.26 Å². The zero-order valence-electron chi connectivity index (χ0n) is 11.4. The zero-order valence-corrected chi connectivity index (χ0v) is 12.3. The number of nitriles is 1. The second kappa shape index (κ2) is 7.45. The van der Waals surface area contributed by atoms with Crippen molar-refractivity contribution in [1.82, 2.24) is 5.32 Å². The first-order chi connectivity index (χ1) is 8.56. The highest BCUT2D eigenvalue weighted by Crippen LogP contribution is 2.18. The van der Waals surface area contributed by atoms with E-state index >= 15 is 0 Å². The lowest BCUT2D eigenvalue weighted by Crippen LogP contribution is -2.45. The quantitative estimate of drug-likeness (QED) is 0.763. The van der Waals surface area contributed by atoms with Crippen molar-refractivity contribution in [3.8, 4) is 6.07 Å². The lowest BCUT2D eigenvalue weighted by Gasteiger charge is -2.25. The maximum atomic E-state index is 9.23. The van der Waals surface area contributed by atoms with Crippen molar-refractivity contribution in [2.45, 2.75) is 44.5 Å². The molecule has 0 saturated heterocycles. The monoisotopic (exact) mass is 262 g/mol. The second-order valence-corrected chi connectivity index (χ2v) is 6.14. The van der Waals surface area contributed by atoms with Crippen LogP contribution in [0.2, 0.25) is 0 Å². The van der Waals surface area contributed by atoms with Crippen molar-refractivity contribution in [3.05, 3.63) is 35.9 Å². The van der Waals surface area contributed by atoms with Gasteiger partial charge in [0.25, 0.3) is 0 Å². The SMILES string of the molecule is CC(C)NC(C)(C#N)CCSCc1ccccc1. The number of hydrogen-bond acceptors (Lipinski definition) is 3. The van der Waals surface area contributed by atoms with Gasteiger partial charge in [-0.15, -0.1) is 0 Å². The van der Waals surface area contributed by atoms with Crippen molar-refractivity contribution in [3.63, 3.8) is 0 Å². The van der Waals surface area contributed by atoms with E-state index in [1.807, 2.05) is 24.8 Å². The predicted octanol–water partition coefficient (Wildman–Crippen LogP) is 3.59.